The average molecular weight is 453 g/mol. The van der Waals surface area contributed by atoms with Crippen molar-refractivity contribution in [2.45, 2.75) is 46.3 Å². The number of ether oxygens (including phenoxy) is 1. The Morgan fingerprint density at radius 2 is 1.79 bits per heavy atom. The van der Waals surface area contributed by atoms with Gasteiger partial charge in [-0.3, -0.25) is 4.79 Å². The van der Waals surface area contributed by atoms with Crippen molar-refractivity contribution in [1.82, 2.24) is 4.57 Å². The van der Waals surface area contributed by atoms with Gasteiger partial charge in [-0.25, -0.2) is 18.1 Å². The van der Waals surface area contributed by atoms with Crippen molar-refractivity contribution in [2.24, 2.45) is 0 Å². The number of benzene rings is 2. The SMILES string of the molecule is Cc1cc(C=O)ccc1N1CCc2c(cc(-c3c(F)cccc3F)n2C(=O)OC(C)(C)C)C1. The van der Waals surface area contributed by atoms with Gasteiger partial charge in [-0.15, -0.1) is 0 Å². The minimum atomic E-state index is -0.766. The number of rotatable bonds is 3. The average Bonchev–Trinajstić information content (AvgIpc) is 3.10. The summed E-state index contributed by atoms with van der Waals surface area (Å²) in [4.78, 5) is 26.3. The number of nitrogens with zero attached hydrogens (tertiary/aromatic N) is 2. The van der Waals surface area contributed by atoms with E-state index in [1.807, 2.05) is 19.1 Å². The number of carbonyl (C=O) groups excluding carboxylic acids is 2. The van der Waals surface area contributed by atoms with Crippen LogP contribution in [0.25, 0.3) is 11.3 Å². The standard InChI is InChI=1S/C26H26F2N2O3/c1-16-12-17(15-31)8-9-21(16)29-11-10-22-18(14-29)13-23(24-19(27)6-5-7-20(24)28)30(22)25(32)33-26(2,3)4/h5-9,12-13,15H,10-11,14H2,1-4H3. The molecule has 4 rings (SSSR count). The first-order chi connectivity index (χ1) is 15.6. The zero-order chi connectivity index (χ0) is 23.9. The van der Waals surface area contributed by atoms with Crippen molar-refractivity contribution >= 4 is 18.1 Å². The molecule has 0 amide bonds. The Morgan fingerprint density at radius 3 is 2.39 bits per heavy atom. The third kappa shape index (κ3) is 4.40. The summed E-state index contributed by atoms with van der Waals surface area (Å²) in [6.07, 6.45) is 0.627. The number of hydrogen-bond acceptors (Lipinski definition) is 4. The van der Waals surface area contributed by atoms with Crippen LogP contribution in [0, 0.1) is 18.6 Å². The quantitative estimate of drug-likeness (QED) is 0.464. The first kappa shape index (κ1) is 22.7. The van der Waals surface area contributed by atoms with E-state index in [1.54, 1.807) is 32.9 Å². The lowest BCUT2D eigenvalue weighted by molar-refractivity contribution is 0.0535. The molecule has 0 atom stereocenters. The van der Waals surface area contributed by atoms with E-state index in [4.69, 9.17) is 4.74 Å². The zero-order valence-electron chi connectivity index (χ0n) is 19.1. The molecule has 2 heterocycles. The second-order valence-electron chi connectivity index (χ2n) is 9.25. The number of hydrogen-bond donors (Lipinski definition) is 0. The number of fused-ring (bicyclic) bond motifs is 1. The molecule has 1 aliphatic rings. The maximum Gasteiger partial charge on any atom is 0.419 e. The van der Waals surface area contributed by atoms with Gasteiger partial charge in [-0.2, -0.15) is 0 Å². The molecule has 33 heavy (non-hydrogen) atoms. The van der Waals surface area contributed by atoms with Crippen LogP contribution < -0.4 is 4.90 Å². The topological polar surface area (TPSA) is 51.5 Å². The number of halogens is 2. The van der Waals surface area contributed by atoms with E-state index in [0.29, 0.717) is 30.8 Å². The van der Waals surface area contributed by atoms with Crippen LogP contribution >= 0.6 is 0 Å². The molecule has 0 bridgehead atoms. The van der Waals surface area contributed by atoms with Crippen LogP contribution in [-0.4, -0.2) is 29.1 Å². The van der Waals surface area contributed by atoms with E-state index < -0.39 is 23.3 Å². The second-order valence-corrected chi connectivity index (χ2v) is 9.25. The minimum absolute atomic E-state index is 0.139. The van der Waals surface area contributed by atoms with Crippen LogP contribution in [0.15, 0.2) is 42.5 Å². The lowest BCUT2D eigenvalue weighted by atomic mass is 10.0. The fourth-order valence-corrected chi connectivity index (χ4v) is 4.29. The Labute approximate surface area is 191 Å². The Balaban J connectivity index is 1.81. The number of carbonyl (C=O) groups is 2. The van der Waals surface area contributed by atoms with Gasteiger partial charge >= 0.3 is 6.09 Å². The summed E-state index contributed by atoms with van der Waals surface area (Å²) < 4.78 is 36.3. The van der Waals surface area contributed by atoms with Crippen LogP contribution in [0.3, 0.4) is 0 Å². The van der Waals surface area contributed by atoms with E-state index in [0.717, 1.165) is 23.1 Å². The smallest absolute Gasteiger partial charge is 0.419 e. The summed E-state index contributed by atoms with van der Waals surface area (Å²) in [5.41, 5.74) is 3.11. The molecule has 7 heteroatoms. The maximum absolute atomic E-state index is 14.7. The van der Waals surface area contributed by atoms with E-state index in [2.05, 4.69) is 4.90 Å². The Bertz CT molecular complexity index is 1220. The monoisotopic (exact) mass is 452 g/mol. The number of anilines is 1. The summed E-state index contributed by atoms with van der Waals surface area (Å²) in [6, 6.07) is 10.8. The summed E-state index contributed by atoms with van der Waals surface area (Å²) in [5.74, 6) is -1.49. The van der Waals surface area contributed by atoms with Crippen LogP contribution in [0.1, 0.15) is 48.0 Å². The van der Waals surface area contributed by atoms with Crippen LogP contribution in [-0.2, 0) is 17.7 Å². The van der Waals surface area contributed by atoms with Crippen molar-refractivity contribution < 1.29 is 23.1 Å². The Morgan fingerprint density at radius 1 is 1.09 bits per heavy atom. The molecule has 0 N–H and O–H groups in total. The normalized spacial score (nSPS) is 13.6. The van der Waals surface area contributed by atoms with E-state index >= 15 is 0 Å². The molecule has 0 spiro atoms. The lowest BCUT2D eigenvalue weighted by Gasteiger charge is -2.31. The molecule has 0 aliphatic carbocycles. The van der Waals surface area contributed by atoms with Crippen molar-refractivity contribution in [3.05, 3.63) is 76.5 Å². The summed E-state index contributed by atoms with van der Waals surface area (Å²) >= 11 is 0. The van der Waals surface area contributed by atoms with Gasteiger partial charge in [0.05, 0.1) is 11.3 Å². The van der Waals surface area contributed by atoms with E-state index in [9.17, 15) is 18.4 Å². The predicted molar refractivity (Wildman–Crippen MR) is 123 cm³/mol. The summed E-state index contributed by atoms with van der Waals surface area (Å²) in [5, 5.41) is 0. The molecule has 0 saturated heterocycles. The molecule has 1 aromatic heterocycles. The molecular weight excluding hydrogens is 426 g/mol. The van der Waals surface area contributed by atoms with Crippen molar-refractivity contribution in [1.29, 1.82) is 0 Å². The second kappa shape index (κ2) is 8.46. The predicted octanol–water partition coefficient (Wildman–Crippen LogP) is 5.90. The van der Waals surface area contributed by atoms with E-state index in [-0.39, 0.29) is 11.3 Å². The summed E-state index contributed by atoms with van der Waals surface area (Å²) in [6.45, 7) is 8.23. The highest BCUT2D eigenvalue weighted by Crippen LogP contribution is 2.35. The van der Waals surface area contributed by atoms with Gasteiger partial charge in [0.25, 0.3) is 0 Å². The number of aromatic nitrogens is 1. The molecule has 3 aromatic rings. The number of aldehydes is 1. The maximum atomic E-state index is 14.7. The highest BCUT2D eigenvalue weighted by atomic mass is 19.1. The Kier molecular flexibility index (Phi) is 5.82. The van der Waals surface area contributed by atoms with Gasteiger partial charge in [-0.05, 0) is 75.2 Å². The molecule has 0 radical (unpaired) electrons. The van der Waals surface area contributed by atoms with Crippen molar-refractivity contribution in [3.8, 4) is 11.3 Å². The minimum Gasteiger partial charge on any atom is -0.443 e. The third-order valence-electron chi connectivity index (χ3n) is 5.66. The fraction of sp³-hybridized carbons (Fsp3) is 0.308. The number of aryl methyl sites for hydroxylation is 1. The van der Waals surface area contributed by atoms with Gasteiger partial charge in [0.15, 0.2) is 0 Å². The molecule has 0 fully saturated rings. The first-order valence-corrected chi connectivity index (χ1v) is 10.8. The molecule has 172 valence electrons. The van der Waals surface area contributed by atoms with Gasteiger partial charge in [-0.1, -0.05) is 6.07 Å². The van der Waals surface area contributed by atoms with E-state index in [1.165, 1.54) is 22.8 Å². The van der Waals surface area contributed by atoms with Crippen LogP contribution in [0.5, 0.6) is 0 Å². The molecule has 0 saturated carbocycles. The van der Waals surface area contributed by atoms with Gasteiger partial charge in [0, 0.05) is 36.5 Å². The molecule has 2 aromatic carbocycles. The first-order valence-electron chi connectivity index (χ1n) is 10.8. The van der Waals surface area contributed by atoms with Crippen LogP contribution in [0.2, 0.25) is 0 Å². The molecule has 0 unspecified atom stereocenters. The highest BCUT2D eigenvalue weighted by molar-refractivity contribution is 5.82. The fourth-order valence-electron chi connectivity index (χ4n) is 4.29. The third-order valence-corrected chi connectivity index (χ3v) is 5.66. The van der Waals surface area contributed by atoms with Crippen molar-refractivity contribution in [3.63, 3.8) is 0 Å². The molecular formula is C26H26F2N2O3. The zero-order valence-corrected chi connectivity index (χ0v) is 19.1. The highest BCUT2D eigenvalue weighted by Gasteiger charge is 2.31. The largest absolute Gasteiger partial charge is 0.443 e. The van der Waals surface area contributed by atoms with Gasteiger partial charge in [0.2, 0.25) is 0 Å². The van der Waals surface area contributed by atoms with Crippen LogP contribution in [0.4, 0.5) is 19.3 Å². The van der Waals surface area contributed by atoms with Crippen molar-refractivity contribution in [2.75, 3.05) is 11.4 Å². The summed E-state index contributed by atoms with van der Waals surface area (Å²) in [7, 11) is 0. The molecule has 1 aliphatic heterocycles. The van der Waals surface area contributed by atoms with Gasteiger partial charge < -0.3 is 9.64 Å². The lowest BCUT2D eigenvalue weighted by Crippen LogP contribution is -2.34. The Hall–Kier alpha value is -3.48. The van der Waals surface area contributed by atoms with Gasteiger partial charge in [0.1, 0.15) is 23.5 Å². The molecule has 5 nitrogen and oxygen atoms in total.